The van der Waals surface area contributed by atoms with Gasteiger partial charge in [-0.2, -0.15) is 0 Å². The summed E-state index contributed by atoms with van der Waals surface area (Å²) >= 11 is 0. The van der Waals surface area contributed by atoms with Crippen molar-refractivity contribution in [3.8, 4) is 0 Å². The van der Waals surface area contributed by atoms with Crippen LogP contribution in [0.1, 0.15) is 61.1 Å². The van der Waals surface area contributed by atoms with Crippen molar-refractivity contribution in [3.63, 3.8) is 0 Å². The van der Waals surface area contributed by atoms with Crippen molar-refractivity contribution in [2.45, 2.75) is 63.2 Å². The van der Waals surface area contributed by atoms with E-state index in [4.69, 9.17) is 9.47 Å². The van der Waals surface area contributed by atoms with Gasteiger partial charge in [0, 0.05) is 6.42 Å². The van der Waals surface area contributed by atoms with Gasteiger partial charge in [0.25, 0.3) is 0 Å². The van der Waals surface area contributed by atoms with Crippen LogP contribution in [0.4, 0.5) is 4.79 Å². The molecule has 46 heavy (non-hydrogen) atoms. The third kappa shape index (κ3) is 7.56. The maximum atomic E-state index is 14.4. The van der Waals surface area contributed by atoms with Crippen LogP contribution in [0.3, 0.4) is 0 Å². The van der Waals surface area contributed by atoms with E-state index >= 15 is 0 Å². The Morgan fingerprint density at radius 1 is 0.891 bits per heavy atom. The molecule has 0 saturated carbocycles. The smallest absolute Gasteiger partial charge is 0.411 e. The van der Waals surface area contributed by atoms with Gasteiger partial charge < -0.3 is 19.9 Å². The highest BCUT2D eigenvalue weighted by Gasteiger charge is 2.46. The largest absolute Gasteiger partial charge is 0.444 e. The molecule has 1 saturated heterocycles. The number of ether oxygens (including phenoxy) is 2. The summed E-state index contributed by atoms with van der Waals surface area (Å²) in [5, 5.41) is 15.9. The first-order chi connectivity index (χ1) is 22.1. The van der Waals surface area contributed by atoms with E-state index in [9.17, 15) is 14.7 Å². The minimum absolute atomic E-state index is 0.190. The van der Waals surface area contributed by atoms with Crippen LogP contribution in [0.2, 0.25) is 0 Å². The lowest BCUT2D eigenvalue weighted by molar-refractivity contribution is -0.128. The van der Waals surface area contributed by atoms with Gasteiger partial charge >= 0.3 is 6.09 Å². The van der Waals surface area contributed by atoms with Crippen molar-refractivity contribution >= 4 is 18.1 Å². The molecule has 4 aromatic carbocycles. The lowest BCUT2D eigenvalue weighted by Crippen LogP contribution is -2.52. The molecule has 0 bridgehead atoms. The number of carbonyl (C=O) groups is 2. The van der Waals surface area contributed by atoms with Gasteiger partial charge in [-0.1, -0.05) is 128 Å². The van der Waals surface area contributed by atoms with Gasteiger partial charge in [-0.15, -0.1) is 0 Å². The van der Waals surface area contributed by atoms with Gasteiger partial charge in [-0.3, -0.25) is 9.69 Å². The fraction of sp³-hybridized carbons (Fsp3) is 0.282. The number of carbonyl (C=O) groups excluding carboxylic acids is 2. The number of amides is 2. The van der Waals surface area contributed by atoms with E-state index in [-0.39, 0.29) is 13.0 Å². The zero-order chi connectivity index (χ0) is 32.7. The molecule has 238 valence electrons. The average Bonchev–Trinajstić information content (AvgIpc) is 3.51. The van der Waals surface area contributed by atoms with Gasteiger partial charge in [0.15, 0.2) is 0 Å². The zero-order valence-electron chi connectivity index (χ0n) is 26.6. The Bertz CT molecular complexity index is 1560. The van der Waals surface area contributed by atoms with E-state index in [2.05, 4.69) is 11.9 Å². The highest BCUT2D eigenvalue weighted by molar-refractivity contribution is 5.87. The van der Waals surface area contributed by atoms with Crippen LogP contribution in [0.5, 0.6) is 0 Å². The van der Waals surface area contributed by atoms with Crippen molar-refractivity contribution in [2.24, 2.45) is 0 Å². The second-order valence-electron chi connectivity index (χ2n) is 12.6. The minimum atomic E-state index is -1.64. The van der Waals surface area contributed by atoms with Gasteiger partial charge in [-0.25, -0.2) is 4.79 Å². The molecule has 1 aliphatic rings. The predicted octanol–water partition coefficient (Wildman–Crippen LogP) is 7.02. The van der Waals surface area contributed by atoms with Crippen LogP contribution < -0.4 is 5.32 Å². The van der Waals surface area contributed by atoms with E-state index in [0.29, 0.717) is 23.3 Å². The molecule has 0 spiro atoms. The molecule has 4 aromatic rings. The highest BCUT2D eigenvalue weighted by atomic mass is 16.6. The fourth-order valence-corrected chi connectivity index (χ4v) is 5.85. The van der Waals surface area contributed by atoms with Gasteiger partial charge in [0.1, 0.15) is 17.2 Å². The van der Waals surface area contributed by atoms with E-state index in [1.54, 1.807) is 26.8 Å². The van der Waals surface area contributed by atoms with Crippen molar-refractivity contribution in [3.05, 3.63) is 150 Å². The van der Waals surface area contributed by atoms with Gasteiger partial charge in [0.05, 0.1) is 25.3 Å². The summed E-state index contributed by atoms with van der Waals surface area (Å²) in [7, 11) is 0. The Morgan fingerprint density at radius 2 is 1.43 bits per heavy atom. The SMILES string of the molecule is C=Cc1ccc(CO[C@@H]2C[C@@H](C(=O)N[C@@H](c3ccccc3)C(O)(c3ccccc3)c3ccccc3)N(C(=O)OC(C)(C)C)C2)cc1. The Labute approximate surface area is 271 Å². The number of rotatable bonds is 10. The Morgan fingerprint density at radius 3 is 1.96 bits per heavy atom. The summed E-state index contributed by atoms with van der Waals surface area (Å²) in [6, 6.07) is 34.1. The minimum Gasteiger partial charge on any atom is -0.444 e. The number of aliphatic hydroxyl groups is 1. The molecule has 7 heteroatoms. The zero-order valence-corrected chi connectivity index (χ0v) is 26.6. The van der Waals surface area contributed by atoms with E-state index in [1.807, 2.05) is 115 Å². The van der Waals surface area contributed by atoms with E-state index in [1.165, 1.54) is 4.90 Å². The standard InChI is InChI=1S/C39H42N2O5/c1-5-28-21-23-29(24-22-28)27-45-33-25-34(41(26-33)37(43)46-38(2,3)4)36(42)40-35(30-15-9-6-10-16-30)39(44,31-17-11-7-12-18-31)32-19-13-8-14-20-32/h5-24,33-35,44H,1,25-27H2,2-4H3,(H,40,42)/t33-,34+,35+/m1/s1. The molecule has 1 aliphatic heterocycles. The van der Waals surface area contributed by atoms with E-state index in [0.717, 1.165) is 11.1 Å². The maximum Gasteiger partial charge on any atom is 0.411 e. The maximum absolute atomic E-state index is 14.4. The third-order valence-electron chi connectivity index (χ3n) is 8.16. The lowest BCUT2D eigenvalue weighted by atomic mass is 9.77. The van der Waals surface area contributed by atoms with Crippen molar-refractivity contribution in [2.75, 3.05) is 6.54 Å². The molecule has 3 atom stereocenters. The highest BCUT2D eigenvalue weighted by Crippen LogP contribution is 2.41. The van der Waals surface area contributed by atoms with Crippen LogP contribution in [-0.4, -0.2) is 46.3 Å². The molecule has 0 aromatic heterocycles. The Balaban J connectivity index is 1.47. The lowest BCUT2D eigenvalue weighted by Gasteiger charge is -2.39. The normalized spacial score (nSPS) is 17.3. The quantitative estimate of drug-likeness (QED) is 0.200. The predicted molar refractivity (Wildman–Crippen MR) is 180 cm³/mol. The Hall–Kier alpha value is -4.72. The van der Waals surface area contributed by atoms with Crippen LogP contribution in [0.15, 0.2) is 122 Å². The molecular weight excluding hydrogens is 576 g/mol. The van der Waals surface area contributed by atoms with Gasteiger partial charge in [-0.05, 0) is 48.6 Å². The molecule has 2 amide bonds. The molecule has 0 radical (unpaired) electrons. The van der Waals surface area contributed by atoms with Crippen molar-refractivity contribution in [1.29, 1.82) is 0 Å². The molecule has 7 nitrogen and oxygen atoms in total. The van der Waals surface area contributed by atoms with Crippen molar-refractivity contribution in [1.82, 2.24) is 10.2 Å². The van der Waals surface area contributed by atoms with Gasteiger partial charge in [0.2, 0.25) is 5.91 Å². The van der Waals surface area contributed by atoms with Crippen molar-refractivity contribution < 1.29 is 24.2 Å². The average molecular weight is 619 g/mol. The second-order valence-corrected chi connectivity index (χ2v) is 12.6. The summed E-state index contributed by atoms with van der Waals surface area (Å²) < 4.78 is 12.0. The molecule has 2 N–H and O–H groups in total. The Kier molecular flexibility index (Phi) is 10.0. The number of nitrogens with zero attached hydrogens (tertiary/aromatic N) is 1. The monoisotopic (exact) mass is 618 g/mol. The fourth-order valence-electron chi connectivity index (χ4n) is 5.85. The molecule has 0 unspecified atom stereocenters. The summed E-state index contributed by atoms with van der Waals surface area (Å²) in [6.45, 7) is 9.70. The first-order valence-electron chi connectivity index (χ1n) is 15.6. The van der Waals surface area contributed by atoms with Crippen LogP contribution in [0.25, 0.3) is 6.08 Å². The third-order valence-corrected chi connectivity index (χ3v) is 8.16. The summed E-state index contributed by atoms with van der Waals surface area (Å²) in [4.78, 5) is 29.3. The first-order valence-corrected chi connectivity index (χ1v) is 15.6. The second kappa shape index (κ2) is 14.1. The van der Waals surface area contributed by atoms with Crippen LogP contribution in [0, 0.1) is 0 Å². The summed E-state index contributed by atoms with van der Waals surface area (Å²) in [5.41, 5.74) is 1.55. The first kappa shape index (κ1) is 32.7. The number of benzene rings is 4. The molecule has 5 rings (SSSR count). The topological polar surface area (TPSA) is 88.1 Å². The van der Waals surface area contributed by atoms with Crippen LogP contribution >= 0.6 is 0 Å². The molecule has 0 aliphatic carbocycles. The number of hydrogen-bond donors (Lipinski definition) is 2. The summed E-state index contributed by atoms with van der Waals surface area (Å²) in [6.07, 6.45) is 1.06. The number of likely N-dealkylation sites (tertiary alicyclic amines) is 1. The van der Waals surface area contributed by atoms with Crippen LogP contribution in [-0.2, 0) is 26.5 Å². The summed E-state index contributed by atoms with van der Waals surface area (Å²) in [5.74, 6) is -0.411. The van der Waals surface area contributed by atoms with E-state index < -0.39 is 41.4 Å². The molecular formula is C39H42N2O5. The molecule has 1 heterocycles. The number of hydrogen-bond acceptors (Lipinski definition) is 5. The number of nitrogens with one attached hydrogen (secondary N) is 1. The molecule has 1 fully saturated rings.